The van der Waals surface area contributed by atoms with E-state index in [4.69, 9.17) is 4.74 Å². The molecule has 1 atom stereocenters. The van der Waals surface area contributed by atoms with E-state index in [-0.39, 0.29) is 22.7 Å². The number of hydrogen-bond donors (Lipinski definition) is 2. The number of amides is 1. The average molecular weight is 461 g/mol. The van der Waals surface area contributed by atoms with Crippen molar-refractivity contribution in [3.05, 3.63) is 99.6 Å². The quantitative estimate of drug-likeness (QED) is 0.203. The van der Waals surface area contributed by atoms with Crippen LogP contribution in [0.1, 0.15) is 46.2 Å². The lowest BCUT2D eigenvalue weighted by molar-refractivity contribution is -0.384. The number of benzene rings is 3. The van der Waals surface area contributed by atoms with Crippen LogP contribution in [0, 0.1) is 10.1 Å². The van der Waals surface area contributed by atoms with E-state index in [1.165, 1.54) is 25.1 Å². The second kappa shape index (κ2) is 10.9. The Labute approximate surface area is 195 Å². The number of hydrogen-bond acceptors (Lipinski definition) is 7. The van der Waals surface area contributed by atoms with Gasteiger partial charge in [0.15, 0.2) is 5.78 Å². The van der Waals surface area contributed by atoms with Gasteiger partial charge in [-0.3, -0.25) is 19.7 Å². The first-order valence-electron chi connectivity index (χ1n) is 10.5. The van der Waals surface area contributed by atoms with E-state index in [0.717, 1.165) is 6.07 Å². The maximum Gasteiger partial charge on any atom is 0.339 e. The van der Waals surface area contributed by atoms with Crippen LogP contribution in [0.25, 0.3) is 0 Å². The molecule has 0 bridgehead atoms. The van der Waals surface area contributed by atoms with Crippen LogP contribution < -0.4 is 10.6 Å². The number of esters is 1. The summed E-state index contributed by atoms with van der Waals surface area (Å²) in [5.41, 5.74) is 1.11. The van der Waals surface area contributed by atoms with Gasteiger partial charge in [0.05, 0.1) is 10.5 Å². The molecule has 3 rings (SSSR count). The van der Waals surface area contributed by atoms with E-state index in [0.29, 0.717) is 23.4 Å². The summed E-state index contributed by atoms with van der Waals surface area (Å²) in [5, 5.41) is 17.0. The third-order valence-corrected chi connectivity index (χ3v) is 4.90. The van der Waals surface area contributed by atoms with Gasteiger partial charge in [-0.1, -0.05) is 42.5 Å². The molecule has 0 aromatic heterocycles. The van der Waals surface area contributed by atoms with Crippen LogP contribution in [0.4, 0.5) is 17.1 Å². The Balaban J connectivity index is 1.89. The summed E-state index contributed by atoms with van der Waals surface area (Å²) in [7, 11) is 0. The zero-order valence-corrected chi connectivity index (χ0v) is 18.6. The molecule has 9 heteroatoms. The first-order valence-corrected chi connectivity index (χ1v) is 10.5. The molecule has 1 amide bonds. The summed E-state index contributed by atoms with van der Waals surface area (Å²) in [6.07, 6.45) is -1.33. The van der Waals surface area contributed by atoms with Gasteiger partial charge >= 0.3 is 5.97 Å². The van der Waals surface area contributed by atoms with Crippen LogP contribution in [0.3, 0.4) is 0 Å². The molecule has 174 valence electrons. The van der Waals surface area contributed by atoms with Gasteiger partial charge in [0.25, 0.3) is 11.6 Å². The van der Waals surface area contributed by atoms with Crippen molar-refractivity contribution in [1.29, 1.82) is 0 Å². The number of nitrogens with one attached hydrogen (secondary N) is 2. The second-order valence-corrected chi connectivity index (χ2v) is 7.34. The summed E-state index contributed by atoms with van der Waals surface area (Å²) >= 11 is 0. The molecule has 0 aliphatic rings. The van der Waals surface area contributed by atoms with E-state index >= 15 is 0 Å². The lowest BCUT2D eigenvalue weighted by atomic mass is 10.1. The lowest BCUT2D eigenvalue weighted by Crippen LogP contribution is -2.26. The summed E-state index contributed by atoms with van der Waals surface area (Å²) < 4.78 is 5.51. The molecular weight excluding hydrogens is 438 g/mol. The van der Waals surface area contributed by atoms with Crippen LogP contribution in [0.15, 0.2) is 72.8 Å². The van der Waals surface area contributed by atoms with Crippen LogP contribution in [-0.2, 0) is 9.53 Å². The van der Waals surface area contributed by atoms with Crippen molar-refractivity contribution in [3.63, 3.8) is 0 Å². The largest absolute Gasteiger partial charge is 0.444 e. The summed E-state index contributed by atoms with van der Waals surface area (Å²) in [6.45, 7) is 3.67. The number of ketones is 1. The summed E-state index contributed by atoms with van der Waals surface area (Å²) in [6, 6.07) is 18.7. The number of ether oxygens (including phenoxy) is 1. The van der Waals surface area contributed by atoms with E-state index < -0.39 is 22.9 Å². The van der Waals surface area contributed by atoms with Crippen LogP contribution in [0.2, 0.25) is 0 Å². The maximum absolute atomic E-state index is 13.1. The Bertz CT molecular complexity index is 1230. The third-order valence-electron chi connectivity index (χ3n) is 4.90. The van der Waals surface area contributed by atoms with Crippen LogP contribution in [0.5, 0.6) is 0 Å². The third kappa shape index (κ3) is 5.83. The maximum atomic E-state index is 13.1. The summed E-state index contributed by atoms with van der Waals surface area (Å²) in [5.74, 6) is -1.70. The van der Waals surface area contributed by atoms with Crippen molar-refractivity contribution in [1.82, 2.24) is 0 Å². The minimum Gasteiger partial charge on any atom is -0.444 e. The summed E-state index contributed by atoms with van der Waals surface area (Å²) in [4.78, 5) is 48.4. The molecule has 34 heavy (non-hydrogen) atoms. The van der Waals surface area contributed by atoms with Gasteiger partial charge in [-0.05, 0) is 38.1 Å². The number of carbonyl (C=O) groups excluding carboxylic acids is 3. The number of rotatable bonds is 9. The molecule has 9 nitrogen and oxygen atoms in total. The van der Waals surface area contributed by atoms with Crippen molar-refractivity contribution in [2.24, 2.45) is 0 Å². The van der Waals surface area contributed by atoms with Crippen molar-refractivity contribution >= 4 is 34.7 Å². The number of anilines is 2. The fourth-order valence-corrected chi connectivity index (χ4v) is 3.25. The van der Waals surface area contributed by atoms with Gasteiger partial charge < -0.3 is 15.4 Å². The highest BCUT2D eigenvalue weighted by molar-refractivity contribution is 6.00. The number of nitro benzene ring substituents is 1. The predicted octanol–water partition coefficient (Wildman–Crippen LogP) is 4.77. The molecular formula is C25H23N3O6. The molecule has 0 heterocycles. The second-order valence-electron chi connectivity index (χ2n) is 7.34. The van der Waals surface area contributed by atoms with Gasteiger partial charge in [0.2, 0.25) is 6.10 Å². The number of nitrogens with zero attached hydrogens (tertiary/aromatic N) is 1. The standard InChI is InChI=1S/C25H23N3O6/c1-3-26-21-13-12-19(15-22(21)28(32)33)25(31)34-23(17-8-5-4-6-9-17)24(30)27-20-11-7-10-18(14-20)16(2)29/h4-15,23,26H,3H2,1-2H3,(H,27,30)/t23-/m0/s1. The fourth-order valence-electron chi connectivity index (χ4n) is 3.25. The minimum atomic E-state index is -1.33. The lowest BCUT2D eigenvalue weighted by Gasteiger charge is -2.18. The molecule has 0 saturated carbocycles. The molecule has 0 unspecified atom stereocenters. The first kappa shape index (κ1) is 24.1. The van der Waals surface area contributed by atoms with Crippen LogP contribution in [-0.4, -0.2) is 29.1 Å². The Kier molecular flexibility index (Phi) is 7.71. The van der Waals surface area contributed by atoms with Gasteiger partial charge in [-0.2, -0.15) is 0 Å². The normalized spacial score (nSPS) is 11.2. The Hall–Kier alpha value is -4.53. The predicted molar refractivity (Wildman–Crippen MR) is 127 cm³/mol. The molecule has 0 radical (unpaired) electrons. The smallest absolute Gasteiger partial charge is 0.339 e. The highest BCUT2D eigenvalue weighted by Gasteiger charge is 2.27. The topological polar surface area (TPSA) is 128 Å². The van der Waals surface area contributed by atoms with Gasteiger partial charge in [0, 0.05) is 29.4 Å². The number of nitro groups is 1. The Morgan fingerprint density at radius 1 is 0.971 bits per heavy atom. The van der Waals surface area contributed by atoms with E-state index in [1.54, 1.807) is 55.5 Å². The van der Waals surface area contributed by atoms with E-state index in [1.807, 2.05) is 0 Å². The van der Waals surface area contributed by atoms with Crippen molar-refractivity contribution in [3.8, 4) is 0 Å². The average Bonchev–Trinajstić information content (AvgIpc) is 2.83. The van der Waals surface area contributed by atoms with Crippen LogP contribution >= 0.6 is 0 Å². The van der Waals surface area contributed by atoms with E-state index in [2.05, 4.69) is 10.6 Å². The van der Waals surface area contributed by atoms with Crippen molar-refractivity contribution < 1.29 is 24.0 Å². The minimum absolute atomic E-state index is 0.0688. The van der Waals surface area contributed by atoms with Gasteiger partial charge in [-0.25, -0.2) is 4.79 Å². The highest BCUT2D eigenvalue weighted by Crippen LogP contribution is 2.28. The molecule has 2 N–H and O–H groups in total. The molecule has 0 fully saturated rings. The molecule has 0 saturated heterocycles. The Morgan fingerprint density at radius 3 is 2.35 bits per heavy atom. The zero-order chi connectivity index (χ0) is 24.7. The van der Waals surface area contributed by atoms with Gasteiger partial charge in [-0.15, -0.1) is 0 Å². The number of carbonyl (C=O) groups is 3. The monoisotopic (exact) mass is 461 g/mol. The van der Waals surface area contributed by atoms with Crippen molar-refractivity contribution in [2.75, 3.05) is 17.2 Å². The highest BCUT2D eigenvalue weighted by atomic mass is 16.6. The molecule has 0 aliphatic carbocycles. The number of Topliss-reactive ketones (excluding diaryl/α,β-unsaturated/α-hetero) is 1. The molecule has 0 spiro atoms. The van der Waals surface area contributed by atoms with E-state index in [9.17, 15) is 24.5 Å². The SMILES string of the molecule is CCNc1ccc(C(=O)O[C@H](C(=O)Nc2cccc(C(C)=O)c2)c2ccccc2)cc1[N+](=O)[O-]. The van der Waals surface area contributed by atoms with Crippen molar-refractivity contribution in [2.45, 2.75) is 20.0 Å². The van der Waals surface area contributed by atoms with Gasteiger partial charge in [0.1, 0.15) is 5.69 Å². The molecule has 0 aliphatic heterocycles. The zero-order valence-electron chi connectivity index (χ0n) is 18.6. The molecule has 3 aromatic carbocycles. The Morgan fingerprint density at radius 2 is 1.71 bits per heavy atom. The first-order chi connectivity index (χ1) is 16.3. The molecule has 3 aromatic rings. The fraction of sp³-hybridized carbons (Fsp3) is 0.160.